The lowest BCUT2D eigenvalue weighted by atomic mass is 10.0. The van der Waals surface area contributed by atoms with Crippen LogP contribution in [0.3, 0.4) is 0 Å². The van der Waals surface area contributed by atoms with Gasteiger partial charge in [-0.25, -0.2) is 8.42 Å². The molecular formula is C23H19NO2S2. The van der Waals surface area contributed by atoms with Crippen molar-refractivity contribution in [3.63, 3.8) is 0 Å². The molecule has 1 heterocycles. The summed E-state index contributed by atoms with van der Waals surface area (Å²) in [6.45, 7) is 0.518. The number of rotatable bonds is 3. The van der Waals surface area contributed by atoms with E-state index in [4.69, 9.17) is 0 Å². The second kappa shape index (κ2) is 6.92. The Morgan fingerprint density at radius 1 is 0.750 bits per heavy atom. The maximum atomic E-state index is 13.7. The predicted molar refractivity (Wildman–Crippen MR) is 117 cm³/mol. The standard InChI is InChI=1S/C23H19NO2S2/c25-28(26,22-14-6-10-18-8-2-4-12-20(18)22)24-15-16-27-23(24)21-13-5-9-17-7-1-3-11-19(17)21/h1-14,23H,15-16H2. The Bertz CT molecular complexity index is 1270. The number of hydrogen-bond donors (Lipinski definition) is 0. The summed E-state index contributed by atoms with van der Waals surface area (Å²) in [6.07, 6.45) is 0. The Morgan fingerprint density at radius 3 is 2.14 bits per heavy atom. The molecule has 5 rings (SSSR count). The highest BCUT2D eigenvalue weighted by Crippen LogP contribution is 2.44. The molecule has 0 spiro atoms. The van der Waals surface area contributed by atoms with Crippen molar-refractivity contribution in [2.45, 2.75) is 10.3 Å². The number of benzene rings is 4. The first-order valence-electron chi connectivity index (χ1n) is 9.25. The zero-order chi connectivity index (χ0) is 19.1. The molecule has 140 valence electrons. The monoisotopic (exact) mass is 405 g/mol. The fourth-order valence-corrected chi connectivity index (χ4v) is 7.44. The molecule has 28 heavy (non-hydrogen) atoms. The van der Waals surface area contributed by atoms with Gasteiger partial charge in [-0.05, 0) is 27.8 Å². The topological polar surface area (TPSA) is 37.4 Å². The number of thioether (sulfide) groups is 1. The minimum absolute atomic E-state index is 0.213. The van der Waals surface area contributed by atoms with E-state index in [1.54, 1.807) is 22.1 Å². The van der Waals surface area contributed by atoms with Crippen molar-refractivity contribution < 1.29 is 8.42 Å². The van der Waals surface area contributed by atoms with E-state index in [-0.39, 0.29) is 5.37 Å². The van der Waals surface area contributed by atoms with Crippen LogP contribution in [0, 0.1) is 0 Å². The Balaban J connectivity index is 1.65. The summed E-state index contributed by atoms with van der Waals surface area (Å²) in [4.78, 5) is 0.387. The van der Waals surface area contributed by atoms with E-state index in [9.17, 15) is 8.42 Å². The van der Waals surface area contributed by atoms with Crippen LogP contribution in [0.5, 0.6) is 0 Å². The zero-order valence-corrected chi connectivity index (χ0v) is 16.8. The quantitative estimate of drug-likeness (QED) is 0.456. The van der Waals surface area contributed by atoms with E-state index in [1.807, 2.05) is 54.6 Å². The van der Waals surface area contributed by atoms with Crippen molar-refractivity contribution in [3.05, 3.63) is 90.5 Å². The first-order chi connectivity index (χ1) is 13.7. The van der Waals surface area contributed by atoms with Crippen LogP contribution < -0.4 is 0 Å². The van der Waals surface area contributed by atoms with E-state index in [0.29, 0.717) is 11.4 Å². The van der Waals surface area contributed by atoms with Crippen molar-refractivity contribution in [2.75, 3.05) is 12.3 Å². The normalized spacial score (nSPS) is 18.1. The molecule has 1 atom stereocenters. The minimum Gasteiger partial charge on any atom is -0.207 e. The Labute approximate surface area is 169 Å². The second-order valence-electron chi connectivity index (χ2n) is 6.88. The molecule has 0 saturated carbocycles. The van der Waals surface area contributed by atoms with Gasteiger partial charge in [0.1, 0.15) is 0 Å². The van der Waals surface area contributed by atoms with Crippen LogP contribution in [0.1, 0.15) is 10.9 Å². The SMILES string of the molecule is O=S(=O)(c1cccc2ccccc12)N1CCSC1c1cccc2ccccc12. The largest absolute Gasteiger partial charge is 0.245 e. The van der Waals surface area contributed by atoms with Gasteiger partial charge in [0.15, 0.2) is 0 Å². The van der Waals surface area contributed by atoms with Gasteiger partial charge in [0.25, 0.3) is 0 Å². The maximum Gasteiger partial charge on any atom is 0.245 e. The van der Waals surface area contributed by atoms with Crippen LogP contribution in [-0.4, -0.2) is 25.0 Å². The van der Waals surface area contributed by atoms with Gasteiger partial charge in [-0.3, -0.25) is 0 Å². The van der Waals surface area contributed by atoms with Crippen LogP contribution in [0.25, 0.3) is 21.5 Å². The van der Waals surface area contributed by atoms with Crippen LogP contribution in [-0.2, 0) is 10.0 Å². The number of fused-ring (bicyclic) bond motifs is 2. The molecule has 0 amide bonds. The molecule has 0 aromatic heterocycles. The van der Waals surface area contributed by atoms with E-state index >= 15 is 0 Å². The van der Waals surface area contributed by atoms with Gasteiger partial charge in [0, 0.05) is 17.7 Å². The lowest BCUT2D eigenvalue weighted by molar-refractivity contribution is 0.436. The first kappa shape index (κ1) is 17.7. The van der Waals surface area contributed by atoms with Gasteiger partial charge in [-0.15, -0.1) is 11.8 Å². The molecule has 1 saturated heterocycles. The highest BCUT2D eigenvalue weighted by Gasteiger charge is 2.38. The summed E-state index contributed by atoms with van der Waals surface area (Å²) < 4.78 is 29.0. The van der Waals surface area contributed by atoms with E-state index in [2.05, 4.69) is 24.3 Å². The lowest BCUT2D eigenvalue weighted by Gasteiger charge is -2.25. The van der Waals surface area contributed by atoms with Crippen LogP contribution >= 0.6 is 11.8 Å². The van der Waals surface area contributed by atoms with Gasteiger partial charge < -0.3 is 0 Å². The highest BCUT2D eigenvalue weighted by molar-refractivity contribution is 8.01. The molecule has 0 bridgehead atoms. The molecule has 1 unspecified atom stereocenters. The van der Waals surface area contributed by atoms with Gasteiger partial charge in [-0.2, -0.15) is 4.31 Å². The van der Waals surface area contributed by atoms with Crippen LogP contribution in [0.2, 0.25) is 0 Å². The van der Waals surface area contributed by atoms with Gasteiger partial charge in [0.05, 0.1) is 10.3 Å². The summed E-state index contributed by atoms with van der Waals surface area (Å²) in [5.41, 5.74) is 1.06. The smallest absolute Gasteiger partial charge is 0.207 e. The van der Waals surface area contributed by atoms with Gasteiger partial charge >= 0.3 is 0 Å². The van der Waals surface area contributed by atoms with Crippen molar-refractivity contribution in [1.82, 2.24) is 4.31 Å². The second-order valence-corrected chi connectivity index (χ2v) is 9.93. The van der Waals surface area contributed by atoms with Crippen molar-refractivity contribution in [1.29, 1.82) is 0 Å². The molecule has 4 aromatic rings. The Hall–Kier alpha value is -2.34. The molecule has 3 nitrogen and oxygen atoms in total. The van der Waals surface area contributed by atoms with E-state index in [0.717, 1.165) is 32.9 Å². The van der Waals surface area contributed by atoms with Gasteiger partial charge in [0.2, 0.25) is 10.0 Å². The fraction of sp³-hybridized carbons (Fsp3) is 0.130. The lowest BCUT2D eigenvalue weighted by Crippen LogP contribution is -2.30. The molecule has 1 aliphatic heterocycles. The molecule has 0 aliphatic carbocycles. The summed E-state index contributed by atoms with van der Waals surface area (Å²) in [6, 6.07) is 27.5. The van der Waals surface area contributed by atoms with Crippen LogP contribution in [0.4, 0.5) is 0 Å². The number of hydrogen-bond acceptors (Lipinski definition) is 3. The number of nitrogens with zero attached hydrogens (tertiary/aromatic N) is 1. The Kier molecular flexibility index (Phi) is 4.38. The van der Waals surface area contributed by atoms with E-state index < -0.39 is 10.0 Å². The summed E-state index contributed by atoms with van der Waals surface area (Å²) in [5.74, 6) is 0.790. The van der Waals surface area contributed by atoms with Crippen molar-refractivity contribution >= 4 is 43.3 Å². The van der Waals surface area contributed by atoms with Crippen LogP contribution in [0.15, 0.2) is 89.8 Å². The average molecular weight is 406 g/mol. The summed E-state index contributed by atoms with van der Waals surface area (Å²) in [7, 11) is -3.62. The minimum atomic E-state index is -3.62. The highest BCUT2D eigenvalue weighted by atomic mass is 32.2. The average Bonchev–Trinajstić information content (AvgIpc) is 3.23. The molecule has 0 N–H and O–H groups in total. The third kappa shape index (κ3) is 2.82. The third-order valence-electron chi connectivity index (χ3n) is 5.27. The maximum absolute atomic E-state index is 13.7. The Morgan fingerprint density at radius 2 is 1.36 bits per heavy atom. The fourth-order valence-electron chi connectivity index (χ4n) is 3.96. The van der Waals surface area contributed by atoms with Gasteiger partial charge in [-0.1, -0.05) is 78.9 Å². The van der Waals surface area contributed by atoms with Crippen molar-refractivity contribution in [2.24, 2.45) is 0 Å². The first-order valence-corrected chi connectivity index (χ1v) is 11.7. The molecule has 5 heteroatoms. The molecule has 1 aliphatic rings. The molecule has 4 aromatic carbocycles. The zero-order valence-electron chi connectivity index (χ0n) is 15.2. The summed E-state index contributed by atoms with van der Waals surface area (Å²) in [5, 5.41) is 3.75. The molecular weight excluding hydrogens is 386 g/mol. The van der Waals surface area contributed by atoms with Crippen molar-refractivity contribution in [3.8, 4) is 0 Å². The van der Waals surface area contributed by atoms with E-state index in [1.165, 1.54) is 0 Å². The molecule has 0 radical (unpaired) electrons. The number of sulfonamides is 1. The summed E-state index contributed by atoms with van der Waals surface area (Å²) >= 11 is 1.69. The predicted octanol–water partition coefficient (Wildman–Crippen LogP) is 5.43. The third-order valence-corrected chi connectivity index (χ3v) is 8.57. The molecule has 1 fully saturated rings.